The lowest BCUT2D eigenvalue weighted by molar-refractivity contribution is -0.286. The Hall–Kier alpha value is -3.88. The third-order valence-electron chi connectivity index (χ3n) is 15.7. The standard InChI is InChI=1S/C58H77IN4O21S4/c1-9-63(31(4)65)37-25-80-44(20-32(37)23-64)83-53-42(26-79-40-14-12-10-11-13-16-58(73)22-39(67)47(61-57(72)77-8)46(40)34(58)15-17-86-88-87-28-43(60)68)78-24-36(49(53)70)62-84-45-21-38(66)56(30(3)81-45)85-27-33-19-35(59)52(55(76-7)51(33)74-5)82-41-18-29(2)48(69)54(75-6)50(41)71/h10-11,15,19,23,29-30,32,36-38,40-42,44-45,48-50,53-54,56,62,66,69-71,73H,9,17-18,20-22,24-28H2,1-8H3,(H2,60,68)(H,61,72)/b11-10-,34-15+/t29?,30?,32?,36?,37?,38?,40-,41?,42?,44?,45?,48?,49?,50?,53?,54?,56?,58-/m0/s1. The number of fused-ring (bicyclic) bond motifs is 2. The van der Waals surface area contributed by atoms with E-state index in [1.165, 1.54) is 88.5 Å². The summed E-state index contributed by atoms with van der Waals surface area (Å²) >= 11 is 3.56. The van der Waals surface area contributed by atoms with Gasteiger partial charge in [0.25, 0.3) is 0 Å². The lowest BCUT2D eigenvalue weighted by Gasteiger charge is -2.45. The zero-order valence-electron chi connectivity index (χ0n) is 49.8. The van der Waals surface area contributed by atoms with Gasteiger partial charge in [-0.3, -0.25) is 24.5 Å². The van der Waals surface area contributed by atoms with Crippen molar-refractivity contribution >= 4 is 95.7 Å². The lowest BCUT2D eigenvalue weighted by Crippen LogP contribution is -2.62. The number of Topliss-reactive ketones (excluding diaryl/α,β-unsaturated/α-hetero) is 1. The number of carbonyl (C=O) groups is 5. The Balaban J connectivity index is 1.08. The lowest BCUT2D eigenvalue weighted by atomic mass is 9.75. The zero-order valence-corrected chi connectivity index (χ0v) is 55.2. The van der Waals surface area contributed by atoms with Gasteiger partial charge >= 0.3 is 6.09 Å². The van der Waals surface area contributed by atoms with E-state index < -0.39 is 133 Å². The summed E-state index contributed by atoms with van der Waals surface area (Å²) in [5.74, 6) is 10.6. The second kappa shape index (κ2) is 33.6. The molecule has 3 saturated heterocycles. The quantitative estimate of drug-likeness (QED) is 0.0165. The molecule has 0 aromatic heterocycles. The Morgan fingerprint density at radius 1 is 0.955 bits per heavy atom. The van der Waals surface area contributed by atoms with E-state index in [1.807, 2.05) is 13.0 Å². The predicted molar refractivity (Wildman–Crippen MR) is 334 cm³/mol. The molecule has 3 heterocycles. The van der Waals surface area contributed by atoms with Crippen LogP contribution in [0.1, 0.15) is 58.9 Å². The summed E-state index contributed by atoms with van der Waals surface area (Å²) < 4.78 is 61.1. The van der Waals surface area contributed by atoms with Crippen LogP contribution >= 0.6 is 65.8 Å². The number of halogens is 1. The Bertz CT molecular complexity index is 2860. The number of carbonyl (C=O) groups excluding carboxylic acids is 5. The van der Waals surface area contributed by atoms with Crippen LogP contribution in [0, 0.1) is 39.1 Å². The highest BCUT2D eigenvalue weighted by atomic mass is 127. The van der Waals surface area contributed by atoms with Crippen molar-refractivity contribution in [3.8, 4) is 40.9 Å². The molecular formula is C58H77IN4O21S4. The van der Waals surface area contributed by atoms with Gasteiger partial charge in [0.05, 0.1) is 98.2 Å². The summed E-state index contributed by atoms with van der Waals surface area (Å²) in [6.45, 7) is 6.46. The van der Waals surface area contributed by atoms with Gasteiger partial charge in [0.1, 0.15) is 49.0 Å². The number of alkyl carbamates (subject to hydrolysis) is 1. The van der Waals surface area contributed by atoms with E-state index in [9.17, 15) is 49.5 Å². The average molecular weight is 1420 g/mol. The van der Waals surface area contributed by atoms with Crippen molar-refractivity contribution in [3.63, 3.8) is 0 Å². The topological polar surface area (TPSA) is 341 Å². The van der Waals surface area contributed by atoms with Crippen LogP contribution in [-0.4, -0.2) is 223 Å². The molecule has 18 atom stereocenters. The van der Waals surface area contributed by atoms with Gasteiger partial charge in [-0.05, 0) is 76.8 Å². The Kier molecular flexibility index (Phi) is 27.3. The number of primary amides is 1. The number of aldehydes is 1. The number of rotatable bonds is 26. The van der Waals surface area contributed by atoms with E-state index in [0.29, 0.717) is 39.5 Å². The first-order valence-electron chi connectivity index (χ1n) is 28.3. The smallest absolute Gasteiger partial charge is 0.411 e. The minimum atomic E-state index is -2.10. The Morgan fingerprint density at radius 2 is 1.70 bits per heavy atom. The number of hydrogen-bond donors (Lipinski definition) is 8. The van der Waals surface area contributed by atoms with Crippen molar-refractivity contribution in [2.45, 2.75) is 156 Å². The largest absolute Gasteiger partial charge is 0.492 e. The summed E-state index contributed by atoms with van der Waals surface area (Å²) in [4.78, 5) is 71.1. The van der Waals surface area contributed by atoms with Crippen molar-refractivity contribution in [2.75, 3.05) is 66.3 Å². The van der Waals surface area contributed by atoms with Crippen LogP contribution < -0.4 is 30.7 Å². The minimum absolute atomic E-state index is 0.00403. The second-order valence-electron chi connectivity index (χ2n) is 21.5. The van der Waals surface area contributed by atoms with Gasteiger partial charge in [0.15, 0.2) is 35.5 Å². The number of methoxy groups -OCH3 is 4. The average Bonchev–Trinajstić information content (AvgIpc) is 3.11. The highest BCUT2D eigenvalue weighted by Crippen LogP contribution is 2.48. The van der Waals surface area contributed by atoms with Crippen LogP contribution in [-0.2, 0) is 62.9 Å². The molecule has 9 N–H and O–H groups in total. The van der Waals surface area contributed by atoms with E-state index in [2.05, 4.69) is 57.1 Å². The van der Waals surface area contributed by atoms with Gasteiger partial charge in [-0.1, -0.05) is 58.3 Å². The second-order valence-corrected chi connectivity index (χ2v) is 28.1. The van der Waals surface area contributed by atoms with Crippen LogP contribution in [0.25, 0.3) is 0 Å². The number of likely N-dealkylation sites (N-methyl/N-ethyl adjacent to an activating group) is 1. The normalized spacial score (nSPS) is 33.8. The van der Waals surface area contributed by atoms with Crippen LogP contribution in [0.5, 0.6) is 17.2 Å². The maximum absolute atomic E-state index is 14.0. The number of benzene rings is 1. The van der Waals surface area contributed by atoms with Crippen LogP contribution in [0.2, 0.25) is 0 Å². The number of hydroxylamine groups is 1. The number of allylic oxidation sites excluding steroid dienone is 3. The molecule has 3 amide bonds. The summed E-state index contributed by atoms with van der Waals surface area (Å²) in [5, 5.41) is 60.0. The molecule has 1 aromatic carbocycles. The van der Waals surface area contributed by atoms with Gasteiger partial charge < -0.3 is 88.3 Å². The van der Waals surface area contributed by atoms with Crippen molar-refractivity contribution in [2.24, 2.45) is 17.6 Å². The number of nitrogens with two attached hydrogens (primary N) is 1. The number of thioether (sulfide) groups is 1. The van der Waals surface area contributed by atoms with Gasteiger partial charge in [0.2, 0.25) is 17.6 Å². The molecule has 30 heteroatoms. The molecule has 16 unspecified atom stereocenters. The van der Waals surface area contributed by atoms with Gasteiger partial charge in [-0.25, -0.2) is 4.79 Å². The maximum Gasteiger partial charge on any atom is 0.411 e. The number of ketones is 1. The van der Waals surface area contributed by atoms with E-state index >= 15 is 0 Å². The first kappa shape index (κ1) is 71.6. The van der Waals surface area contributed by atoms with Crippen molar-refractivity contribution in [1.29, 1.82) is 0 Å². The summed E-state index contributed by atoms with van der Waals surface area (Å²) in [6, 6.07) is 0.261. The molecule has 0 radical (unpaired) electrons. The molecule has 0 spiro atoms. The molecule has 2 bridgehead atoms. The van der Waals surface area contributed by atoms with E-state index in [-0.39, 0.29) is 66.2 Å². The van der Waals surface area contributed by atoms with Crippen LogP contribution in [0.4, 0.5) is 4.79 Å². The van der Waals surface area contributed by atoms with Crippen LogP contribution in [0.3, 0.4) is 0 Å². The van der Waals surface area contributed by atoms with Gasteiger partial charge in [-0.15, -0.1) is 11.8 Å². The molecule has 7 rings (SSSR count). The molecule has 3 aliphatic heterocycles. The molecule has 88 heavy (non-hydrogen) atoms. The Labute approximate surface area is 540 Å². The van der Waals surface area contributed by atoms with Crippen molar-refractivity contribution in [1.82, 2.24) is 15.7 Å². The minimum Gasteiger partial charge on any atom is -0.492 e. The number of hydrogen-bond acceptors (Lipinski definition) is 26. The van der Waals surface area contributed by atoms with E-state index in [1.54, 1.807) is 19.9 Å². The third-order valence-corrected chi connectivity index (χ3v) is 22.0. The molecular weight excluding hydrogens is 1340 g/mol. The van der Waals surface area contributed by atoms with E-state index in [0.717, 1.165) is 19.0 Å². The van der Waals surface area contributed by atoms with Crippen molar-refractivity contribution < 1.29 is 102 Å². The first-order valence-corrected chi connectivity index (χ1v) is 34.3. The number of nitrogens with one attached hydrogen (secondary N) is 2. The molecule has 25 nitrogen and oxygen atoms in total. The van der Waals surface area contributed by atoms with Gasteiger partial charge in [0, 0.05) is 67.6 Å². The number of nitrogens with zero attached hydrogens (tertiary/aromatic N) is 1. The maximum atomic E-state index is 14.0. The van der Waals surface area contributed by atoms with Gasteiger partial charge in [-0.2, -0.15) is 5.48 Å². The molecule has 1 aromatic rings. The summed E-state index contributed by atoms with van der Waals surface area (Å²) in [6.07, 6.45) is -8.61. The number of aliphatic hydroxyl groups is 5. The number of amides is 3. The molecule has 486 valence electrons. The summed E-state index contributed by atoms with van der Waals surface area (Å²) in [7, 11) is 9.31. The fourth-order valence-corrected chi connectivity index (χ4v) is 16.4. The van der Waals surface area contributed by atoms with Crippen LogP contribution in [0.15, 0.2) is 41.1 Å². The predicted octanol–water partition coefficient (Wildman–Crippen LogP) is 2.48. The van der Waals surface area contributed by atoms with E-state index in [4.69, 9.17) is 57.9 Å². The Morgan fingerprint density at radius 3 is 2.38 bits per heavy atom. The highest BCUT2D eigenvalue weighted by Gasteiger charge is 2.49. The monoisotopic (exact) mass is 1420 g/mol. The fraction of sp³-hybridized carbons (Fsp3) is 0.638. The number of ether oxygens (including phenoxy) is 10. The molecule has 1 saturated carbocycles. The number of aliphatic hydroxyl groups excluding tert-OH is 4. The third kappa shape index (κ3) is 17.6. The zero-order chi connectivity index (χ0) is 64.0. The van der Waals surface area contributed by atoms with Crippen molar-refractivity contribution in [3.05, 3.63) is 50.3 Å². The fourth-order valence-electron chi connectivity index (χ4n) is 11.3. The SMILES string of the molecule is CCN(C(C)=O)C1COC(OC2C(CO[C@H]3C#C/C=C\C#C[C@]4(O)CC(=O)C(NC(=O)OC)=C3/C4=C\CSSSCC(N)=O)OCC(NOC3CC(O)C(SCc4cc(I)c(OC5CC(C)C(O)C(OC)C5O)c(OC)c4OC)C(C)O3)C2O)CC1C=O. The highest BCUT2D eigenvalue weighted by molar-refractivity contribution is 14.1. The molecule has 4 fully saturated rings. The molecule has 3 aliphatic carbocycles. The summed E-state index contributed by atoms with van der Waals surface area (Å²) in [5.41, 5.74) is 6.61. The first-order chi connectivity index (χ1) is 42.1. The molecule has 6 aliphatic rings.